The van der Waals surface area contributed by atoms with Crippen LogP contribution in [0.2, 0.25) is 0 Å². The lowest BCUT2D eigenvalue weighted by Crippen LogP contribution is -2.39. The second-order valence-electron chi connectivity index (χ2n) is 5.60. The summed E-state index contributed by atoms with van der Waals surface area (Å²) in [6.07, 6.45) is 7.10. The molecule has 110 valence electrons. The predicted octanol–water partition coefficient (Wildman–Crippen LogP) is 1.84. The first kappa shape index (κ1) is 13.7. The molecule has 0 radical (unpaired) electrons. The predicted molar refractivity (Wildman–Crippen MR) is 78.0 cm³/mol. The average Bonchev–Trinajstić information content (AvgIpc) is 2.94. The summed E-state index contributed by atoms with van der Waals surface area (Å²) in [5.41, 5.74) is 3.53. The minimum Gasteiger partial charge on any atom is -0.337 e. The van der Waals surface area contributed by atoms with E-state index in [-0.39, 0.29) is 5.91 Å². The Kier molecular flexibility index (Phi) is 3.68. The van der Waals surface area contributed by atoms with Gasteiger partial charge in [0.2, 0.25) is 0 Å². The summed E-state index contributed by atoms with van der Waals surface area (Å²) in [5, 5.41) is 7.15. The van der Waals surface area contributed by atoms with Crippen LogP contribution in [0.4, 0.5) is 0 Å². The van der Waals surface area contributed by atoms with Crippen LogP contribution in [0, 0.1) is 13.8 Å². The number of carbonyl (C=O) groups excluding carboxylic acids is 1. The molecule has 1 aliphatic rings. The second kappa shape index (κ2) is 5.63. The Morgan fingerprint density at radius 2 is 2.14 bits per heavy atom. The first-order chi connectivity index (χ1) is 10.1. The summed E-state index contributed by atoms with van der Waals surface area (Å²) in [6.45, 7) is 5.39. The molecule has 0 saturated carbocycles. The van der Waals surface area contributed by atoms with E-state index in [1.54, 1.807) is 12.4 Å². The molecular formula is C15H19N5O. The molecule has 1 aliphatic heterocycles. The number of hydrogen-bond acceptors (Lipinski definition) is 4. The maximum Gasteiger partial charge on any atom is 0.274 e. The van der Waals surface area contributed by atoms with Gasteiger partial charge in [-0.15, -0.1) is 0 Å². The quantitative estimate of drug-likeness (QED) is 0.913. The van der Waals surface area contributed by atoms with Gasteiger partial charge in [0.25, 0.3) is 5.91 Å². The lowest BCUT2D eigenvalue weighted by atomic mass is 9.93. The number of amides is 1. The third-order valence-electron chi connectivity index (χ3n) is 3.98. The number of carbonyl (C=O) groups is 1. The van der Waals surface area contributed by atoms with Crippen molar-refractivity contribution < 1.29 is 4.79 Å². The topological polar surface area (TPSA) is 74.8 Å². The van der Waals surface area contributed by atoms with Gasteiger partial charge in [0.05, 0.1) is 18.1 Å². The molecule has 0 spiro atoms. The van der Waals surface area contributed by atoms with Gasteiger partial charge < -0.3 is 4.90 Å². The number of nitrogens with zero attached hydrogens (tertiary/aromatic N) is 4. The Bertz CT molecular complexity index is 634. The number of hydrogen-bond donors (Lipinski definition) is 1. The van der Waals surface area contributed by atoms with Gasteiger partial charge in [-0.1, -0.05) is 0 Å². The largest absolute Gasteiger partial charge is 0.337 e. The van der Waals surface area contributed by atoms with E-state index in [1.807, 2.05) is 24.9 Å². The molecule has 1 atom stereocenters. The summed E-state index contributed by atoms with van der Waals surface area (Å²) in [4.78, 5) is 22.7. The van der Waals surface area contributed by atoms with E-state index in [9.17, 15) is 4.79 Å². The summed E-state index contributed by atoms with van der Waals surface area (Å²) in [6, 6.07) is 0. The summed E-state index contributed by atoms with van der Waals surface area (Å²) in [7, 11) is 0. The van der Waals surface area contributed by atoms with Crippen molar-refractivity contribution in [2.24, 2.45) is 0 Å². The molecule has 2 aromatic heterocycles. The number of aromatic nitrogens is 4. The van der Waals surface area contributed by atoms with Gasteiger partial charge in [-0.3, -0.25) is 14.9 Å². The van der Waals surface area contributed by atoms with Crippen molar-refractivity contribution in [1.29, 1.82) is 0 Å². The fourth-order valence-electron chi connectivity index (χ4n) is 2.83. The van der Waals surface area contributed by atoms with Gasteiger partial charge in [-0.05, 0) is 32.3 Å². The standard InChI is InChI=1S/C15H19N5O/c1-10-6-18-19-14(10)12-4-3-5-20(9-12)15(21)13-8-16-11(2)7-17-13/h6-8,12H,3-5,9H2,1-2H3,(H,18,19)/t12-/m0/s1. The number of rotatable bonds is 2. The van der Waals surface area contributed by atoms with Crippen LogP contribution in [0.15, 0.2) is 18.6 Å². The Morgan fingerprint density at radius 1 is 1.29 bits per heavy atom. The zero-order valence-corrected chi connectivity index (χ0v) is 12.3. The van der Waals surface area contributed by atoms with E-state index in [0.717, 1.165) is 36.3 Å². The molecule has 1 N–H and O–H groups in total. The Hall–Kier alpha value is -2.24. The maximum absolute atomic E-state index is 12.5. The van der Waals surface area contributed by atoms with Crippen LogP contribution in [0.5, 0.6) is 0 Å². The van der Waals surface area contributed by atoms with Crippen molar-refractivity contribution in [2.75, 3.05) is 13.1 Å². The third kappa shape index (κ3) is 2.79. The van der Waals surface area contributed by atoms with Crippen molar-refractivity contribution in [1.82, 2.24) is 25.1 Å². The molecule has 21 heavy (non-hydrogen) atoms. The van der Waals surface area contributed by atoms with Crippen LogP contribution in [-0.2, 0) is 0 Å². The minimum atomic E-state index is -0.0376. The molecule has 1 saturated heterocycles. The molecule has 0 aliphatic carbocycles. The van der Waals surface area contributed by atoms with Crippen LogP contribution in [0.3, 0.4) is 0 Å². The first-order valence-electron chi connectivity index (χ1n) is 7.23. The molecule has 0 unspecified atom stereocenters. The van der Waals surface area contributed by atoms with Gasteiger partial charge in [-0.2, -0.15) is 5.10 Å². The molecule has 0 aromatic carbocycles. The number of piperidine rings is 1. The van der Waals surface area contributed by atoms with E-state index in [4.69, 9.17) is 0 Å². The normalized spacial score (nSPS) is 18.8. The van der Waals surface area contributed by atoms with E-state index in [0.29, 0.717) is 18.2 Å². The SMILES string of the molecule is Cc1cnc(C(=O)N2CCC[C@H](c3[nH]ncc3C)C2)cn1. The highest BCUT2D eigenvalue weighted by Crippen LogP contribution is 2.27. The number of nitrogens with one attached hydrogen (secondary N) is 1. The number of aryl methyl sites for hydroxylation is 2. The van der Waals surface area contributed by atoms with Gasteiger partial charge in [0.15, 0.2) is 0 Å². The van der Waals surface area contributed by atoms with E-state index < -0.39 is 0 Å². The van der Waals surface area contributed by atoms with Crippen molar-refractivity contribution >= 4 is 5.91 Å². The first-order valence-corrected chi connectivity index (χ1v) is 7.23. The highest BCUT2D eigenvalue weighted by Gasteiger charge is 2.27. The van der Waals surface area contributed by atoms with E-state index >= 15 is 0 Å². The summed E-state index contributed by atoms with van der Waals surface area (Å²) >= 11 is 0. The Balaban J connectivity index is 1.75. The van der Waals surface area contributed by atoms with Crippen molar-refractivity contribution in [3.05, 3.63) is 41.2 Å². The van der Waals surface area contributed by atoms with Crippen molar-refractivity contribution in [3.8, 4) is 0 Å². The van der Waals surface area contributed by atoms with Crippen LogP contribution < -0.4 is 0 Å². The highest BCUT2D eigenvalue weighted by atomic mass is 16.2. The molecular weight excluding hydrogens is 266 g/mol. The second-order valence-corrected chi connectivity index (χ2v) is 5.60. The fraction of sp³-hybridized carbons (Fsp3) is 0.467. The van der Waals surface area contributed by atoms with Gasteiger partial charge in [0, 0.05) is 30.9 Å². The van der Waals surface area contributed by atoms with E-state index in [1.165, 1.54) is 0 Å². The molecule has 3 heterocycles. The van der Waals surface area contributed by atoms with Gasteiger partial charge in [-0.25, -0.2) is 4.98 Å². The molecule has 3 rings (SSSR count). The summed E-state index contributed by atoms with van der Waals surface area (Å²) in [5.74, 6) is 0.285. The van der Waals surface area contributed by atoms with Crippen molar-refractivity contribution in [3.63, 3.8) is 0 Å². The molecule has 6 heteroatoms. The monoisotopic (exact) mass is 285 g/mol. The fourth-order valence-corrected chi connectivity index (χ4v) is 2.83. The van der Waals surface area contributed by atoms with Crippen LogP contribution in [0.1, 0.15) is 46.2 Å². The molecule has 0 bridgehead atoms. The smallest absolute Gasteiger partial charge is 0.274 e. The van der Waals surface area contributed by atoms with E-state index in [2.05, 4.69) is 20.2 Å². The summed E-state index contributed by atoms with van der Waals surface area (Å²) < 4.78 is 0. The minimum absolute atomic E-state index is 0.0376. The van der Waals surface area contributed by atoms with Crippen LogP contribution in [0.25, 0.3) is 0 Å². The maximum atomic E-state index is 12.5. The molecule has 1 amide bonds. The van der Waals surface area contributed by atoms with Crippen molar-refractivity contribution in [2.45, 2.75) is 32.6 Å². The lowest BCUT2D eigenvalue weighted by Gasteiger charge is -2.32. The molecule has 2 aromatic rings. The van der Waals surface area contributed by atoms with Crippen LogP contribution in [-0.4, -0.2) is 44.1 Å². The Morgan fingerprint density at radius 3 is 2.81 bits per heavy atom. The van der Waals surface area contributed by atoms with Gasteiger partial charge >= 0.3 is 0 Å². The highest BCUT2D eigenvalue weighted by molar-refractivity contribution is 5.92. The van der Waals surface area contributed by atoms with Crippen LogP contribution >= 0.6 is 0 Å². The molecule has 1 fully saturated rings. The lowest BCUT2D eigenvalue weighted by molar-refractivity contribution is 0.0699. The number of H-pyrrole nitrogens is 1. The molecule has 6 nitrogen and oxygen atoms in total. The number of likely N-dealkylation sites (tertiary alicyclic amines) is 1. The Labute approximate surface area is 123 Å². The third-order valence-corrected chi connectivity index (χ3v) is 3.98. The van der Waals surface area contributed by atoms with Gasteiger partial charge in [0.1, 0.15) is 5.69 Å². The zero-order valence-electron chi connectivity index (χ0n) is 12.3. The number of aromatic amines is 1. The average molecular weight is 285 g/mol. The zero-order chi connectivity index (χ0) is 14.8.